The van der Waals surface area contributed by atoms with Gasteiger partial charge in [0.05, 0.1) is 12.3 Å². The van der Waals surface area contributed by atoms with Crippen LogP contribution in [0.2, 0.25) is 0 Å². The van der Waals surface area contributed by atoms with Crippen LogP contribution in [0.4, 0.5) is 17.1 Å². The number of aryl methyl sites for hydroxylation is 1. The Morgan fingerprint density at radius 3 is 2.64 bits per heavy atom. The van der Waals surface area contributed by atoms with Crippen LogP contribution in [0.25, 0.3) is 0 Å². The van der Waals surface area contributed by atoms with Crippen molar-refractivity contribution in [3.63, 3.8) is 0 Å². The predicted octanol–water partition coefficient (Wildman–Crippen LogP) is 5.20. The fourth-order valence-corrected chi connectivity index (χ4v) is 3.01. The topological polar surface area (TPSA) is 54.5 Å². The average molecular weight is 375 g/mol. The van der Waals surface area contributed by atoms with Gasteiger partial charge in [-0.1, -0.05) is 24.3 Å². The van der Waals surface area contributed by atoms with E-state index in [4.69, 9.17) is 4.74 Å². The molecule has 1 heterocycles. The first-order valence-electron chi connectivity index (χ1n) is 9.45. The quantitative estimate of drug-likeness (QED) is 0.617. The van der Waals surface area contributed by atoms with E-state index in [1.54, 1.807) is 17.2 Å². The maximum atomic E-state index is 13.1. The van der Waals surface area contributed by atoms with Crippen molar-refractivity contribution in [1.82, 2.24) is 4.98 Å². The van der Waals surface area contributed by atoms with Crippen LogP contribution in [0, 0.1) is 6.92 Å². The molecule has 3 rings (SSSR count). The number of aromatic nitrogens is 1. The lowest BCUT2D eigenvalue weighted by Crippen LogP contribution is -2.31. The highest BCUT2D eigenvalue weighted by molar-refractivity contribution is 6.05. The number of nitrogens with one attached hydrogen (secondary N) is 1. The average Bonchev–Trinajstić information content (AvgIpc) is 2.70. The Kier molecular flexibility index (Phi) is 6.27. The van der Waals surface area contributed by atoms with Gasteiger partial charge in [0, 0.05) is 24.1 Å². The molecule has 3 aromatic rings. The lowest BCUT2D eigenvalue weighted by molar-refractivity contribution is 0.0983. The second-order valence-corrected chi connectivity index (χ2v) is 6.37. The zero-order chi connectivity index (χ0) is 19.9. The van der Waals surface area contributed by atoms with E-state index in [0.29, 0.717) is 18.8 Å². The van der Waals surface area contributed by atoms with Crippen molar-refractivity contribution >= 4 is 23.0 Å². The number of hydrogen-bond donors (Lipinski definition) is 1. The van der Waals surface area contributed by atoms with Crippen molar-refractivity contribution in [3.8, 4) is 5.75 Å². The fourth-order valence-electron chi connectivity index (χ4n) is 3.01. The standard InChI is InChI=1S/C23H25N3O2/c1-4-26(19-10-8-9-17(3)15-19)23(27)21-16-18(13-14-24-21)25-20-11-6-7-12-22(20)28-5-2/h6-16H,4-5H2,1-3H3,(H,24,25). The van der Waals surface area contributed by atoms with Crippen molar-refractivity contribution in [2.24, 2.45) is 0 Å². The molecule has 0 bridgehead atoms. The van der Waals surface area contributed by atoms with Gasteiger partial charge < -0.3 is 15.0 Å². The Balaban J connectivity index is 1.85. The lowest BCUT2D eigenvalue weighted by atomic mass is 10.2. The lowest BCUT2D eigenvalue weighted by Gasteiger charge is -2.21. The number of amides is 1. The number of carbonyl (C=O) groups excluding carboxylic acids is 1. The summed E-state index contributed by atoms with van der Waals surface area (Å²) in [7, 11) is 0. The number of hydrogen-bond acceptors (Lipinski definition) is 4. The monoisotopic (exact) mass is 375 g/mol. The molecular formula is C23H25N3O2. The van der Waals surface area contributed by atoms with Crippen LogP contribution in [0.15, 0.2) is 66.9 Å². The van der Waals surface area contributed by atoms with Gasteiger partial charge in [-0.25, -0.2) is 0 Å². The summed E-state index contributed by atoms with van der Waals surface area (Å²) in [5, 5.41) is 3.32. The van der Waals surface area contributed by atoms with E-state index >= 15 is 0 Å². The molecule has 5 nitrogen and oxygen atoms in total. The first-order chi connectivity index (χ1) is 13.6. The van der Waals surface area contributed by atoms with Crippen molar-refractivity contribution in [2.75, 3.05) is 23.4 Å². The van der Waals surface area contributed by atoms with Crippen molar-refractivity contribution in [1.29, 1.82) is 0 Å². The van der Waals surface area contributed by atoms with Gasteiger partial charge in [0.25, 0.3) is 5.91 Å². The maximum Gasteiger partial charge on any atom is 0.276 e. The Hall–Kier alpha value is -3.34. The molecule has 0 spiro atoms. The smallest absolute Gasteiger partial charge is 0.276 e. The SMILES string of the molecule is CCOc1ccccc1Nc1ccnc(C(=O)N(CC)c2cccc(C)c2)c1. The molecule has 5 heteroatoms. The highest BCUT2D eigenvalue weighted by atomic mass is 16.5. The van der Waals surface area contributed by atoms with E-state index in [9.17, 15) is 4.79 Å². The molecule has 1 amide bonds. The molecule has 1 aromatic heterocycles. The summed E-state index contributed by atoms with van der Waals surface area (Å²) in [5.41, 5.74) is 4.00. The van der Waals surface area contributed by atoms with Gasteiger partial charge in [-0.2, -0.15) is 0 Å². The summed E-state index contributed by atoms with van der Waals surface area (Å²) in [4.78, 5) is 19.1. The van der Waals surface area contributed by atoms with Crippen LogP contribution in [-0.2, 0) is 0 Å². The van der Waals surface area contributed by atoms with E-state index in [1.165, 1.54) is 0 Å². The third kappa shape index (κ3) is 4.49. The molecule has 144 valence electrons. The molecule has 0 aliphatic heterocycles. The Morgan fingerprint density at radius 1 is 1.07 bits per heavy atom. The third-order valence-electron chi connectivity index (χ3n) is 4.32. The number of carbonyl (C=O) groups is 1. The molecule has 0 aliphatic carbocycles. The van der Waals surface area contributed by atoms with Crippen LogP contribution in [-0.4, -0.2) is 24.0 Å². The number of ether oxygens (including phenoxy) is 1. The van der Waals surface area contributed by atoms with Gasteiger partial charge in [0.1, 0.15) is 11.4 Å². The predicted molar refractivity (Wildman–Crippen MR) is 114 cm³/mol. The number of pyridine rings is 1. The first-order valence-corrected chi connectivity index (χ1v) is 9.45. The van der Waals surface area contributed by atoms with Crippen LogP contribution in [0.3, 0.4) is 0 Å². The van der Waals surface area contributed by atoms with Gasteiger partial charge in [-0.15, -0.1) is 0 Å². The van der Waals surface area contributed by atoms with Gasteiger partial charge in [0.15, 0.2) is 0 Å². The number of anilines is 3. The molecular weight excluding hydrogens is 350 g/mol. The number of para-hydroxylation sites is 2. The van der Waals surface area contributed by atoms with Crippen molar-refractivity contribution in [3.05, 3.63) is 78.1 Å². The Bertz CT molecular complexity index is 956. The summed E-state index contributed by atoms with van der Waals surface area (Å²) in [6.07, 6.45) is 1.64. The summed E-state index contributed by atoms with van der Waals surface area (Å²) < 4.78 is 5.66. The van der Waals surface area contributed by atoms with Crippen LogP contribution in [0.1, 0.15) is 29.9 Å². The molecule has 2 aromatic carbocycles. The Morgan fingerprint density at radius 2 is 1.89 bits per heavy atom. The van der Waals surface area contributed by atoms with E-state index in [-0.39, 0.29) is 5.91 Å². The minimum Gasteiger partial charge on any atom is -0.492 e. The molecule has 0 aliphatic rings. The number of nitrogens with zero attached hydrogens (tertiary/aromatic N) is 2. The minimum absolute atomic E-state index is 0.130. The summed E-state index contributed by atoms with van der Waals surface area (Å²) >= 11 is 0. The summed E-state index contributed by atoms with van der Waals surface area (Å²) in [5.74, 6) is 0.638. The molecule has 0 unspecified atom stereocenters. The van der Waals surface area contributed by atoms with Crippen LogP contribution >= 0.6 is 0 Å². The molecule has 0 radical (unpaired) electrons. The molecule has 0 saturated carbocycles. The molecule has 0 fully saturated rings. The molecule has 0 atom stereocenters. The van der Waals surface area contributed by atoms with Crippen LogP contribution < -0.4 is 15.0 Å². The molecule has 0 saturated heterocycles. The second-order valence-electron chi connectivity index (χ2n) is 6.37. The Labute approximate surface area is 166 Å². The highest BCUT2D eigenvalue weighted by Gasteiger charge is 2.18. The zero-order valence-corrected chi connectivity index (χ0v) is 16.5. The molecule has 28 heavy (non-hydrogen) atoms. The minimum atomic E-state index is -0.130. The number of rotatable bonds is 7. The molecule has 1 N–H and O–H groups in total. The van der Waals surface area contributed by atoms with Gasteiger partial charge >= 0.3 is 0 Å². The maximum absolute atomic E-state index is 13.1. The van der Waals surface area contributed by atoms with Crippen LogP contribution in [0.5, 0.6) is 5.75 Å². The first kappa shape index (κ1) is 19.4. The normalized spacial score (nSPS) is 10.4. The highest BCUT2D eigenvalue weighted by Crippen LogP contribution is 2.28. The van der Waals surface area contributed by atoms with E-state index in [1.807, 2.05) is 75.4 Å². The van der Waals surface area contributed by atoms with Crippen molar-refractivity contribution < 1.29 is 9.53 Å². The van der Waals surface area contributed by atoms with E-state index in [2.05, 4.69) is 10.3 Å². The summed E-state index contributed by atoms with van der Waals surface area (Å²) in [6, 6.07) is 19.2. The van der Waals surface area contributed by atoms with Gasteiger partial charge in [-0.05, 0) is 62.7 Å². The van der Waals surface area contributed by atoms with Gasteiger partial charge in [0.2, 0.25) is 0 Å². The third-order valence-corrected chi connectivity index (χ3v) is 4.32. The van der Waals surface area contributed by atoms with E-state index in [0.717, 1.165) is 28.4 Å². The fraction of sp³-hybridized carbons (Fsp3) is 0.217. The second kappa shape index (κ2) is 9.04. The van der Waals surface area contributed by atoms with Crippen molar-refractivity contribution in [2.45, 2.75) is 20.8 Å². The largest absolute Gasteiger partial charge is 0.492 e. The van der Waals surface area contributed by atoms with E-state index < -0.39 is 0 Å². The zero-order valence-electron chi connectivity index (χ0n) is 16.5. The van der Waals surface area contributed by atoms with Gasteiger partial charge in [-0.3, -0.25) is 9.78 Å². The summed E-state index contributed by atoms with van der Waals surface area (Å²) in [6.45, 7) is 7.07. The number of benzene rings is 2.